The molecule has 0 fully saturated rings. The number of phenols is 1. The highest BCUT2D eigenvalue weighted by Gasteiger charge is 2.28. The Bertz CT molecular complexity index is 837. The van der Waals surface area contributed by atoms with Crippen LogP contribution >= 0.6 is 0 Å². The summed E-state index contributed by atoms with van der Waals surface area (Å²) in [5, 5.41) is 19.1. The largest absolute Gasteiger partial charge is 0.505 e. The van der Waals surface area contributed by atoms with Crippen LogP contribution in [0.3, 0.4) is 0 Å². The molecular weight excluding hydrogens is 375 g/mol. The molecular formula is C27H39FO2. The van der Waals surface area contributed by atoms with E-state index in [1.807, 2.05) is 6.07 Å². The van der Waals surface area contributed by atoms with Crippen molar-refractivity contribution in [3.63, 3.8) is 0 Å². The Morgan fingerprint density at radius 2 is 1.60 bits per heavy atom. The van der Waals surface area contributed by atoms with Gasteiger partial charge >= 0.3 is 0 Å². The molecule has 2 N–H and O–H groups in total. The molecule has 0 aliphatic carbocycles. The average molecular weight is 415 g/mol. The minimum atomic E-state index is -0.569. The van der Waals surface area contributed by atoms with Gasteiger partial charge in [-0.1, -0.05) is 65.8 Å². The molecule has 0 heterocycles. The van der Waals surface area contributed by atoms with Crippen molar-refractivity contribution >= 4 is 0 Å². The highest BCUT2D eigenvalue weighted by molar-refractivity contribution is 5.38. The first kappa shape index (κ1) is 24.4. The highest BCUT2D eigenvalue weighted by Crippen LogP contribution is 2.42. The number of phenolic OH excluding ortho intramolecular Hbond substituents is 1. The summed E-state index contributed by atoms with van der Waals surface area (Å²) in [4.78, 5) is 0. The lowest BCUT2D eigenvalue weighted by Crippen LogP contribution is -2.21. The van der Waals surface area contributed by atoms with E-state index in [-0.39, 0.29) is 41.4 Å². The molecule has 0 spiro atoms. The van der Waals surface area contributed by atoms with Crippen LogP contribution in [0.25, 0.3) is 0 Å². The van der Waals surface area contributed by atoms with Gasteiger partial charge in [0.1, 0.15) is 0 Å². The van der Waals surface area contributed by atoms with Crippen molar-refractivity contribution < 1.29 is 14.6 Å². The van der Waals surface area contributed by atoms with Crippen molar-refractivity contribution in [3.05, 3.63) is 64.5 Å². The van der Waals surface area contributed by atoms with Gasteiger partial charge in [-0.15, -0.1) is 0 Å². The second-order valence-electron chi connectivity index (χ2n) is 10.1. The summed E-state index contributed by atoms with van der Waals surface area (Å²) in [7, 11) is 0. The topological polar surface area (TPSA) is 40.5 Å². The zero-order valence-electron chi connectivity index (χ0n) is 19.7. The molecule has 0 radical (unpaired) electrons. The number of aromatic hydroxyl groups is 1. The maximum absolute atomic E-state index is 14.1. The number of aliphatic hydroxyl groups is 1. The van der Waals surface area contributed by atoms with E-state index in [0.29, 0.717) is 0 Å². The van der Waals surface area contributed by atoms with Crippen LogP contribution in [-0.2, 0) is 5.41 Å². The van der Waals surface area contributed by atoms with Crippen LogP contribution in [0.4, 0.5) is 4.39 Å². The molecule has 0 amide bonds. The molecule has 3 heteroatoms. The lowest BCUT2D eigenvalue weighted by molar-refractivity contribution is 0.214. The summed E-state index contributed by atoms with van der Waals surface area (Å²) < 4.78 is 14.1. The number of halogens is 1. The second kappa shape index (κ2) is 9.96. The van der Waals surface area contributed by atoms with Crippen molar-refractivity contribution in [2.75, 3.05) is 6.61 Å². The Kier molecular flexibility index (Phi) is 8.10. The molecule has 0 saturated carbocycles. The molecule has 4 unspecified atom stereocenters. The van der Waals surface area contributed by atoms with E-state index in [0.717, 1.165) is 18.4 Å². The van der Waals surface area contributed by atoms with E-state index < -0.39 is 5.82 Å². The molecule has 4 atom stereocenters. The summed E-state index contributed by atoms with van der Waals surface area (Å²) in [6.07, 6.45) is 1.88. The molecule has 0 saturated heterocycles. The number of aliphatic hydroxyl groups excluding tert-OH is 1. The third-order valence-corrected chi connectivity index (χ3v) is 6.72. The molecule has 0 bridgehead atoms. The lowest BCUT2D eigenvalue weighted by Gasteiger charge is -2.33. The smallest absolute Gasteiger partial charge is 0.165 e. The summed E-state index contributed by atoms with van der Waals surface area (Å²) in [6.45, 7) is 15.5. The van der Waals surface area contributed by atoms with Gasteiger partial charge in [0, 0.05) is 6.61 Å². The van der Waals surface area contributed by atoms with E-state index in [1.54, 1.807) is 0 Å². The SMILES string of the molecule is Cc1ccc(C(C)(C)C)cc1C(C)C(CCC(C)CO)C(C)c1ccc(O)c(F)c1. The number of rotatable bonds is 8. The predicted molar refractivity (Wildman–Crippen MR) is 124 cm³/mol. The van der Waals surface area contributed by atoms with Gasteiger partial charge in [-0.3, -0.25) is 0 Å². The molecule has 2 rings (SSSR count). The van der Waals surface area contributed by atoms with Crippen LogP contribution < -0.4 is 0 Å². The van der Waals surface area contributed by atoms with Gasteiger partial charge in [0.2, 0.25) is 0 Å². The fraction of sp³-hybridized carbons (Fsp3) is 0.556. The molecule has 0 aliphatic heterocycles. The van der Waals surface area contributed by atoms with Crippen molar-refractivity contribution in [1.82, 2.24) is 0 Å². The Morgan fingerprint density at radius 1 is 0.933 bits per heavy atom. The fourth-order valence-corrected chi connectivity index (χ4v) is 4.38. The number of aryl methyl sites for hydroxylation is 1. The molecule has 30 heavy (non-hydrogen) atoms. The van der Waals surface area contributed by atoms with Gasteiger partial charge in [-0.25, -0.2) is 4.39 Å². The Hall–Kier alpha value is -1.87. The van der Waals surface area contributed by atoms with Crippen molar-refractivity contribution in [2.24, 2.45) is 11.8 Å². The Balaban J connectivity index is 2.44. The number of benzene rings is 2. The maximum atomic E-state index is 14.1. The third kappa shape index (κ3) is 5.85. The maximum Gasteiger partial charge on any atom is 0.165 e. The highest BCUT2D eigenvalue weighted by atomic mass is 19.1. The minimum absolute atomic E-state index is 0.0781. The van der Waals surface area contributed by atoms with E-state index in [4.69, 9.17) is 0 Å². The summed E-state index contributed by atoms with van der Waals surface area (Å²) in [5.74, 6) is 0.0598. The van der Waals surface area contributed by atoms with E-state index >= 15 is 0 Å². The van der Waals surface area contributed by atoms with Crippen molar-refractivity contribution in [1.29, 1.82) is 0 Å². The van der Waals surface area contributed by atoms with E-state index in [2.05, 4.69) is 66.7 Å². The molecule has 2 nitrogen and oxygen atoms in total. The second-order valence-corrected chi connectivity index (χ2v) is 10.1. The Labute approximate surface area is 182 Å². The van der Waals surface area contributed by atoms with E-state index in [1.165, 1.54) is 28.8 Å². The summed E-state index contributed by atoms with van der Waals surface area (Å²) in [5.41, 5.74) is 4.92. The summed E-state index contributed by atoms with van der Waals surface area (Å²) >= 11 is 0. The van der Waals surface area contributed by atoms with Crippen LogP contribution in [0.15, 0.2) is 36.4 Å². The van der Waals surface area contributed by atoms with Crippen molar-refractivity contribution in [2.45, 2.75) is 78.6 Å². The van der Waals surface area contributed by atoms with Crippen LogP contribution in [0.1, 0.15) is 88.5 Å². The Morgan fingerprint density at radius 3 is 2.17 bits per heavy atom. The first-order valence-corrected chi connectivity index (χ1v) is 11.2. The van der Waals surface area contributed by atoms with Gasteiger partial charge in [-0.2, -0.15) is 0 Å². The number of hydrogen-bond acceptors (Lipinski definition) is 2. The molecule has 2 aromatic rings. The van der Waals surface area contributed by atoms with Gasteiger partial charge in [0.05, 0.1) is 0 Å². The van der Waals surface area contributed by atoms with E-state index in [9.17, 15) is 14.6 Å². The number of hydrogen-bond donors (Lipinski definition) is 2. The minimum Gasteiger partial charge on any atom is -0.505 e. The summed E-state index contributed by atoms with van der Waals surface area (Å²) in [6, 6.07) is 11.5. The predicted octanol–water partition coefficient (Wildman–Crippen LogP) is 7.07. The van der Waals surface area contributed by atoms with Crippen LogP contribution in [0.2, 0.25) is 0 Å². The molecule has 166 valence electrons. The van der Waals surface area contributed by atoms with Crippen LogP contribution in [-0.4, -0.2) is 16.8 Å². The molecule has 0 aromatic heterocycles. The van der Waals surface area contributed by atoms with Crippen LogP contribution in [0, 0.1) is 24.6 Å². The van der Waals surface area contributed by atoms with Gasteiger partial charge in [0.25, 0.3) is 0 Å². The van der Waals surface area contributed by atoms with Crippen LogP contribution in [0.5, 0.6) is 5.75 Å². The quantitative estimate of drug-likeness (QED) is 0.485. The standard InChI is InChI=1S/C27H39FO2/c1-17(16-29)8-12-23(19(3)21-10-13-26(30)25(28)14-21)20(4)24-15-22(27(5,6)7)11-9-18(24)2/h9-11,13-15,17,19-20,23,29-30H,8,12,16H2,1-7H3. The fourth-order valence-electron chi connectivity index (χ4n) is 4.38. The monoisotopic (exact) mass is 414 g/mol. The van der Waals surface area contributed by atoms with Gasteiger partial charge in [0.15, 0.2) is 11.6 Å². The third-order valence-electron chi connectivity index (χ3n) is 6.72. The van der Waals surface area contributed by atoms with Gasteiger partial charge in [-0.05, 0) is 83.2 Å². The zero-order chi connectivity index (χ0) is 22.6. The molecule has 2 aromatic carbocycles. The zero-order valence-corrected chi connectivity index (χ0v) is 19.7. The first-order valence-electron chi connectivity index (χ1n) is 11.2. The molecule has 0 aliphatic rings. The van der Waals surface area contributed by atoms with Gasteiger partial charge < -0.3 is 10.2 Å². The average Bonchev–Trinajstić information content (AvgIpc) is 2.69. The lowest BCUT2D eigenvalue weighted by atomic mass is 9.72. The van der Waals surface area contributed by atoms with Crippen molar-refractivity contribution in [3.8, 4) is 5.75 Å². The first-order chi connectivity index (χ1) is 14.0. The normalized spacial score (nSPS) is 16.2.